The number of imidazole rings is 1. The van der Waals surface area contributed by atoms with Crippen molar-refractivity contribution in [1.82, 2.24) is 19.3 Å². The van der Waals surface area contributed by atoms with Crippen molar-refractivity contribution in [2.24, 2.45) is 7.05 Å². The number of fused-ring (bicyclic) bond motifs is 1. The number of aliphatic hydroxyl groups excluding tert-OH is 1. The summed E-state index contributed by atoms with van der Waals surface area (Å²) in [6, 6.07) is 25.5. The number of aryl methyl sites for hydroxylation is 1. The summed E-state index contributed by atoms with van der Waals surface area (Å²) in [7, 11) is 1.78. The Morgan fingerprint density at radius 2 is 1.63 bits per heavy atom. The van der Waals surface area contributed by atoms with Gasteiger partial charge in [0.15, 0.2) is 17.2 Å². The molecule has 0 atom stereocenters. The summed E-state index contributed by atoms with van der Waals surface area (Å²) >= 11 is 0. The van der Waals surface area contributed by atoms with E-state index in [9.17, 15) is 15.0 Å². The Morgan fingerprint density at radius 3 is 2.20 bits per heavy atom. The van der Waals surface area contributed by atoms with Crippen LogP contribution in [0.25, 0.3) is 11.0 Å². The highest BCUT2D eigenvalue weighted by atomic mass is 16.3. The van der Waals surface area contributed by atoms with E-state index in [0.717, 1.165) is 0 Å². The van der Waals surface area contributed by atoms with Crippen LogP contribution in [0.2, 0.25) is 0 Å². The van der Waals surface area contributed by atoms with Gasteiger partial charge in [0.25, 0.3) is 5.91 Å². The average Bonchev–Trinajstić information content (AvgIpc) is 3.47. The summed E-state index contributed by atoms with van der Waals surface area (Å²) < 4.78 is 3.38. The van der Waals surface area contributed by atoms with Crippen molar-refractivity contribution < 1.29 is 15.0 Å². The number of nitrogens with zero attached hydrogens (tertiary/aromatic N) is 4. The molecule has 0 aliphatic heterocycles. The Labute approximate surface area is 202 Å². The van der Waals surface area contributed by atoms with Gasteiger partial charge in [0.2, 0.25) is 0 Å². The number of carbonyl (C=O) groups excluding carboxylic acids is 1. The van der Waals surface area contributed by atoms with Gasteiger partial charge in [-0.15, -0.1) is 0 Å². The molecule has 0 unspecified atom stereocenters. The molecule has 8 nitrogen and oxygen atoms in total. The number of nitrogens with one attached hydrogen (secondary N) is 1. The molecule has 176 valence electrons. The molecule has 35 heavy (non-hydrogen) atoms. The summed E-state index contributed by atoms with van der Waals surface area (Å²) in [5, 5.41) is 29.1. The summed E-state index contributed by atoms with van der Waals surface area (Å²) in [6.07, 6.45) is 1.75. The van der Waals surface area contributed by atoms with E-state index in [1.165, 1.54) is 0 Å². The predicted octanol–water partition coefficient (Wildman–Crippen LogP) is 3.30. The van der Waals surface area contributed by atoms with Crippen LogP contribution in [0.3, 0.4) is 0 Å². The molecule has 2 heterocycles. The second kappa shape index (κ2) is 9.17. The van der Waals surface area contributed by atoms with Gasteiger partial charge in [0.05, 0.1) is 17.6 Å². The highest BCUT2D eigenvalue weighted by molar-refractivity contribution is 6.05. The third-order valence-corrected chi connectivity index (χ3v) is 6.00. The summed E-state index contributed by atoms with van der Waals surface area (Å²) in [4.78, 5) is 17.7. The third-order valence-electron chi connectivity index (χ3n) is 6.00. The molecule has 5 aromatic rings. The molecule has 0 radical (unpaired) electrons. The maximum absolute atomic E-state index is 12.9. The average molecular weight is 468 g/mol. The van der Waals surface area contributed by atoms with Crippen molar-refractivity contribution in [1.29, 1.82) is 0 Å². The molecular weight excluding hydrogens is 442 g/mol. The number of hydrogen-bond donors (Lipinski definition) is 3. The minimum atomic E-state index is -1.58. The second-order valence-electron chi connectivity index (χ2n) is 8.29. The Hall–Kier alpha value is -4.27. The van der Waals surface area contributed by atoms with Gasteiger partial charge >= 0.3 is 0 Å². The predicted molar refractivity (Wildman–Crippen MR) is 133 cm³/mol. The van der Waals surface area contributed by atoms with E-state index in [1.807, 2.05) is 60.7 Å². The van der Waals surface area contributed by atoms with Crippen LogP contribution in [-0.2, 0) is 19.2 Å². The molecular formula is C27H25N5O3. The summed E-state index contributed by atoms with van der Waals surface area (Å²) in [6.45, 7) is 0.0294. The lowest BCUT2D eigenvalue weighted by Crippen LogP contribution is -2.33. The number of amides is 1. The smallest absolute Gasteiger partial charge is 0.256 e. The van der Waals surface area contributed by atoms with Gasteiger partial charge < -0.3 is 20.1 Å². The molecule has 3 aromatic carbocycles. The Morgan fingerprint density at radius 1 is 0.971 bits per heavy atom. The first-order valence-electron chi connectivity index (χ1n) is 11.3. The van der Waals surface area contributed by atoms with Crippen LogP contribution in [0.4, 0.5) is 5.82 Å². The first kappa shape index (κ1) is 22.5. The number of anilines is 1. The largest absolute Gasteiger partial charge is 0.395 e. The minimum absolute atomic E-state index is 0.164. The normalized spacial score (nSPS) is 11.6. The lowest BCUT2D eigenvalue weighted by atomic mass is 9.85. The van der Waals surface area contributed by atoms with Crippen molar-refractivity contribution in [3.8, 4) is 0 Å². The molecule has 1 amide bonds. The monoisotopic (exact) mass is 467 g/mol. The fourth-order valence-corrected chi connectivity index (χ4v) is 4.32. The van der Waals surface area contributed by atoms with Gasteiger partial charge in [-0.1, -0.05) is 60.7 Å². The second-order valence-corrected chi connectivity index (χ2v) is 8.29. The summed E-state index contributed by atoms with van der Waals surface area (Å²) in [5.74, 6) is 0.496. The highest BCUT2D eigenvalue weighted by Gasteiger charge is 2.39. The zero-order chi connectivity index (χ0) is 24.4. The number of benzene rings is 3. The SMILES string of the molecule is Cn1ccc(NC(=O)c2ccc3nc(C(O)(c4ccccc4)c4ccccc4)n(CCO)c3c2)n1. The number of aliphatic hydroxyl groups is 2. The van der Waals surface area contributed by atoms with Gasteiger partial charge in [-0.25, -0.2) is 4.98 Å². The third kappa shape index (κ3) is 4.09. The minimum Gasteiger partial charge on any atom is -0.395 e. The Bertz CT molecular complexity index is 1440. The van der Waals surface area contributed by atoms with Crippen LogP contribution >= 0.6 is 0 Å². The first-order valence-corrected chi connectivity index (χ1v) is 11.3. The van der Waals surface area contributed by atoms with E-state index in [1.54, 1.807) is 46.8 Å². The Kier molecular flexibility index (Phi) is 5.90. The molecule has 0 aliphatic rings. The van der Waals surface area contributed by atoms with Crippen LogP contribution in [-0.4, -0.2) is 42.1 Å². The van der Waals surface area contributed by atoms with Crippen molar-refractivity contribution in [2.45, 2.75) is 12.1 Å². The van der Waals surface area contributed by atoms with Crippen LogP contribution in [0, 0.1) is 0 Å². The fraction of sp³-hybridized carbons (Fsp3) is 0.148. The van der Waals surface area contributed by atoms with E-state index in [0.29, 0.717) is 39.4 Å². The van der Waals surface area contributed by atoms with Crippen LogP contribution in [0.1, 0.15) is 27.3 Å². The van der Waals surface area contributed by atoms with Crippen molar-refractivity contribution in [2.75, 3.05) is 11.9 Å². The molecule has 5 rings (SSSR count). The quantitative estimate of drug-likeness (QED) is 0.341. The molecule has 0 saturated carbocycles. The molecule has 0 spiro atoms. The standard InChI is InChI=1S/C27H25N5O3/c1-31-15-14-24(30-31)29-25(34)19-12-13-22-23(18-19)32(16-17-33)26(28-22)27(35,20-8-4-2-5-9-20)21-10-6-3-7-11-21/h2-15,18,33,35H,16-17H2,1H3,(H,29,30,34). The molecule has 2 aromatic heterocycles. The number of rotatable bonds is 7. The van der Waals surface area contributed by atoms with Gasteiger partial charge in [-0.05, 0) is 29.3 Å². The zero-order valence-corrected chi connectivity index (χ0v) is 19.2. The van der Waals surface area contributed by atoms with Gasteiger partial charge in [0.1, 0.15) is 0 Å². The lowest BCUT2D eigenvalue weighted by molar-refractivity contribution is 0.102. The molecule has 3 N–H and O–H groups in total. The topological polar surface area (TPSA) is 105 Å². The van der Waals surface area contributed by atoms with E-state index < -0.39 is 5.60 Å². The van der Waals surface area contributed by atoms with E-state index in [4.69, 9.17) is 4.98 Å². The van der Waals surface area contributed by atoms with Crippen molar-refractivity contribution in [3.05, 3.63) is 114 Å². The van der Waals surface area contributed by atoms with E-state index >= 15 is 0 Å². The first-order chi connectivity index (χ1) is 17.0. The van der Waals surface area contributed by atoms with Gasteiger partial charge in [-0.2, -0.15) is 5.10 Å². The van der Waals surface area contributed by atoms with Crippen LogP contribution in [0.5, 0.6) is 0 Å². The number of carbonyl (C=O) groups is 1. The lowest BCUT2D eigenvalue weighted by Gasteiger charge is -2.29. The fourth-order valence-electron chi connectivity index (χ4n) is 4.32. The van der Waals surface area contributed by atoms with Crippen LogP contribution in [0.15, 0.2) is 91.1 Å². The van der Waals surface area contributed by atoms with Crippen molar-refractivity contribution in [3.63, 3.8) is 0 Å². The van der Waals surface area contributed by atoms with Crippen LogP contribution < -0.4 is 5.32 Å². The van der Waals surface area contributed by atoms with Gasteiger partial charge in [0, 0.05) is 31.4 Å². The van der Waals surface area contributed by atoms with E-state index in [-0.39, 0.29) is 19.1 Å². The molecule has 0 saturated heterocycles. The molecule has 0 bridgehead atoms. The molecule has 0 aliphatic carbocycles. The highest BCUT2D eigenvalue weighted by Crippen LogP contribution is 2.37. The summed E-state index contributed by atoms with van der Waals surface area (Å²) in [5.41, 5.74) is 1.37. The van der Waals surface area contributed by atoms with Crippen molar-refractivity contribution >= 4 is 22.8 Å². The number of aromatic nitrogens is 4. The number of hydrogen-bond acceptors (Lipinski definition) is 5. The Balaban J connectivity index is 1.66. The molecule has 8 heteroatoms. The molecule has 0 fully saturated rings. The van der Waals surface area contributed by atoms with Gasteiger partial charge in [-0.3, -0.25) is 9.48 Å². The maximum atomic E-state index is 12.9. The zero-order valence-electron chi connectivity index (χ0n) is 19.2. The maximum Gasteiger partial charge on any atom is 0.256 e. The van der Waals surface area contributed by atoms with E-state index in [2.05, 4.69) is 10.4 Å².